The molecule has 12 heteroatoms. The van der Waals surface area contributed by atoms with Crippen molar-refractivity contribution in [2.24, 2.45) is 0 Å². The lowest BCUT2D eigenvalue weighted by atomic mass is 10.1. The van der Waals surface area contributed by atoms with Gasteiger partial charge >= 0.3 is 6.18 Å². The summed E-state index contributed by atoms with van der Waals surface area (Å²) in [6, 6.07) is 5.29. The van der Waals surface area contributed by atoms with Gasteiger partial charge < -0.3 is 14.4 Å². The minimum Gasteiger partial charge on any atom is -0.362 e. The van der Waals surface area contributed by atoms with Gasteiger partial charge in [0.25, 0.3) is 11.5 Å². The lowest BCUT2D eigenvalue weighted by Crippen LogP contribution is -2.33. The first kappa shape index (κ1) is 22.8. The topological polar surface area (TPSA) is 87.1 Å². The highest BCUT2D eigenvalue weighted by atomic mass is 35.5. The Morgan fingerprint density at radius 1 is 1.27 bits per heavy atom. The number of benzene rings is 1. The van der Waals surface area contributed by atoms with Gasteiger partial charge in [0.1, 0.15) is 5.02 Å². The highest BCUT2D eigenvalue weighted by molar-refractivity contribution is 6.33. The predicted molar refractivity (Wildman–Crippen MR) is 115 cm³/mol. The minimum absolute atomic E-state index is 0.0171. The third-order valence-electron chi connectivity index (χ3n) is 5.48. The van der Waals surface area contributed by atoms with Crippen molar-refractivity contribution in [3.8, 4) is 0 Å². The van der Waals surface area contributed by atoms with Gasteiger partial charge in [0.05, 0.1) is 36.2 Å². The quantitative estimate of drug-likeness (QED) is 0.620. The van der Waals surface area contributed by atoms with E-state index in [9.17, 15) is 22.8 Å². The van der Waals surface area contributed by atoms with Crippen LogP contribution in [-0.4, -0.2) is 51.2 Å². The molecule has 1 N–H and O–H groups in total. The Hall–Kier alpha value is -3.34. The summed E-state index contributed by atoms with van der Waals surface area (Å²) in [6.07, 6.45) is -2.71. The van der Waals surface area contributed by atoms with Crippen LogP contribution in [0.4, 0.5) is 18.9 Å². The summed E-state index contributed by atoms with van der Waals surface area (Å²) in [6.45, 7) is 0.488. The van der Waals surface area contributed by atoms with Gasteiger partial charge in [-0.25, -0.2) is 10.1 Å². The maximum Gasteiger partial charge on any atom is 0.416 e. The second-order valence-electron chi connectivity index (χ2n) is 7.84. The number of nitrogens with one attached hydrogen (secondary N) is 1. The fraction of sp³-hybridized carbons (Fsp3) is 0.333. The monoisotopic (exact) mass is 480 g/mol. The molecule has 3 aromatic rings. The van der Waals surface area contributed by atoms with Gasteiger partial charge in [-0.2, -0.15) is 18.3 Å². The molecule has 1 aliphatic heterocycles. The van der Waals surface area contributed by atoms with Crippen LogP contribution in [0.25, 0.3) is 0 Å². The highest BCUT2D eigenvalue weighted by Crippen LogP contribution is 2.34. The number of hydrogen-bond acceptors (Lipinski definition) is 5. The van der Waals surface area contributed by atoms with E-state index in [1.807, 2.05) is 0 Å². The molecule has 0 bridgehead atoms. The third kappa shape index (κ3) is 4.32. The number of nitrogens with zero attached hydrogens (tertiary/aromatic N) is 5. The molecule has 2 aromatic heterocycles. The summed E-state index contributed by atoms with van der Waals surface area (Å²) in [5.41, 5.74) is 0.382. The van der Waals surface area contributed by atoms with Crippen LogP contribution in [0.2, 0.25) is 5.02 Å². The molecule has 4 rings (SSSR count). The van der Waals surface area contributed by atoms with E-state index in [2.05, 4.69) is 15.2 Å². The van der Waals surface area contributed by atoms with Crippen molar-refractivity contribution < 1.29 is 18.0 Å². The number of anilines is 1. The Morgan fingerprint density at radius 2 is 2.00 bits per heavy atom. The summed E-state index contributed by atoms with van der Waals surface area (Å²) in [5.74, 6) is -0.366. The summed E-state index contributed by atoms with van der Waals surface area (Å²) >= 11 is 6.13. The summed E-state index contributed by atoms with van der Waals surface area (Å²) < 4.78 is 42.2. The van der Waals surface area contributed by atoms with Crippen molar-refractivity contribution in [3.63, 3.8) is 0 Å². The molecule has 174 valence electrons. The molecular weight excluding hydrogens is 461 g/mol. The van der Waals surface area contributed by atoms with Gasteiger partial charge in [-0.3, -0.25) is 9.59 Å². The number of aromatic nitrogens is 4. The minimum atomic E-state index is -4.52. The molecule has 0 spiro atoms. The van der Waals surface area contributed by atoms with Crippen LogP contribution in [0, 0.1) is 0 Å². The Labute approximate surface area is 191 Å². The number of halogens is 4. The number of imidazole rings is 1. The largest absolute Gasteiger partial charge is 0.416 e. The van der Waals surface area contributed by atoms with Gasteiger partial charge in [0.2, 0.25) is 0 Å². The summed E-state index contributed by atoms with van der Waals surface area (Å²) in [4.78, 5) is 32.3. The van der Waals surface area contributed by atoms with Crippen LogP contribution in [0.3, 0.4) is 0 Å². The summed E-state index contributed by atoms with van der Waals surface area (Å²) in [7, 11) is 3.11. The van der Waals surface area contributed by atoms with E-state index in [1.165, 1.54) is 29.3 Å². The molecule has 33 heavy (non-hydrogen) atoms. The zero-order valence-corrected chi connectivity index (χ0v) is 18.5. The number of aromatic amines is 1. The van der Waals surface area contributed by atoms with Gasteiger partial charge in [-0.1, -0.05) is 29.8 Å². The third-order valence-corrected chi connectivity index (χ3v) is 5.85. The van der Waals surface area contributed by atoms with E-state index in [0.29, 0.717) is 30.0 Å². The van der Waals surface area contributed by atoms with Crippen molar-refractivity contribution in [2.45, 2.75) is 25.7 Å². The molecule has 1 aromatic carbocycles. The zero-order chi connectivity index (χ0) is 23.9. The first-order valence-electron chi connectivity index (χ1n) is 10.0. The van der Waals surface area contributed by atoms with E-state index in [1.54, 1.807) is 23.6 Å². The highest BCUT2D eigenvalue weighted by Gasteiger charge is 2.34. The van der Waals surface area contributed by atoms with E-state index in [0.717, 1.165) is 6.07 Å². The van der Waals surface area contributed by atoms with Gasteiger partial charge in [0.15, 0.2) is 5.82 Å². The molecule has 0 unspecified atom stereocenters. The van der Waals surface area contributed by atoms with Crippen LogP contribution in [0.5, 0.6) is 0 Å². The van der Waals surface area contributed by atoms with Crippen LogP contribution < -0.4 is 10.5 Å². The Balaban J connectivity index is 1.77. The number of rotatable bonds is 4. The lowest BCUT2D eigenvalue weighted by Gasteiger charge is -2.29. The maximum absolute atomic E-state index is 13.6. The van der Waals surface area contributed by atoms with Crippen molar-refractivity contribution >= 4 is 23.2 Å². The number of carbonyl (C=O) groups is 1. The average molecular weight is 481 g/mol. The van der Waals surface area contributed by atoms with Crippen molar-refractivity contribution in [1.29, 1.82) is 0 Å². The van der Waals surface area contributed by atoms with Crippen LogP contribution in [0.1, 0.15) is 33.1 Å². The summed E-state index contributed by atoms with van der Waals surface area (Å²) in [5, 5.41) is 6.02. The molecule has 1 amide bonds. The Bertz CT molecular complexity index is 1270. The van der Waals surface area contributed by atoms with E-state index >= 15 is 0 Å². The van der Waals surface area contributed by atoms with Gasteiger partial charge in [-0.15, -0.1) is 0 Å². The molecular formula is C21H20ClF3N6O2. The van der Waals surface area contributed by atoms with E-state index in [4.69, 9.17) is 11.6 Å². The number of fused-ring (bicyclic) bond motifs is 1. The fourth-order valence-corrected chi connectivity index (χ4v) is 4.09. The van der Waals surface area contributed by atoms with E-state index < -0.39 is 23.2 Å². The predicted octanol–water partition coefficient (Wildman–Crippen LogP) is 2.95. The number of amides is 1. The van der Waals surface area contributed by atoms with Gasteiger partial charge in [0, 0.05) is 32.8 Å². The second kappa shape index (κ2) is 8.54. The van der Waals surface area contributed by atoms with Crippen LogP contribution in [0.15, 0.2) is 35.3 Å². The van der Waals surface area contributed by atoms with E-state index in [-0.39, 0.29) is 29.5 Å². The van der Waals surface area contributed by atoms with Crippen LogP contribution in [-0.2, 0) is 25.7 Å². The molecule has 0 saturated carbocycles. The first-order chi connectivity index (χ1) is 15.6. The average Bonchev–Trinajstić information content (AvgIpc) is 3.12. The molecule has 0 saturated heterocycles. The van der Waals surface area contributed by atoms with Crippen molar-refractivity contribution in [2.75, 3.05) is 25.5 Å². The molecule has 3 heterocycles. The molecule has 0 radical (unpaired) electrons. The Kier molecular flexibility index (Phi) is 5.91. The van der Waals surface area contributed by atoms with Crippen molar-refractivity contribution in [1.82, 2.24) is 24.6 Å². The molecule has 0 atom stereocenters. The number of carbonyl (C=O) groups excluding carboxylic acids is 1. The van der Waals surface area contributed by atoms with Crippen LogP contribution >= 0.6 is 11.6 Å². The fourth-order valence-electron chi connectivity index (χ4n) is 3.88. The van der Waals surface area contributed by atoms with Gasteiger partial charge in [-0.05, 0) is 11.6 Å². The number of H-pyrrole nitrogens is 1. The molecule has 8 nitrogen and oxygen atoms in total. The number of hydrogen-bond donors (Lipinski definition) is 1. The first-order valence-corrected chi connectivity index (χ1v) is 10.4. The number of alkyl halides is 3. The van der Waals surface area contributed by atoms with Crippen molar-refractivity contribution in [3.05, 3.63) is 74.2 Å². The SMILES string of the molecule is CN(C)C(=O)c1nc2c(n1Cc1ccccc1C(F)(F)F)CCN(c1cn[nH]c(=O)c1Cl)C2. The maximum atomic E-state index is 13.6. The Morgan fingerprint density at radius 3 is 2.70 bits per heavy atom. The smallest absolute Gasteiger partial charge is 0.362 e. The second-order valence-corrected chi connectivity index (χ2v) is 8.22. The standard InChI is InChI=1S/C21H20ClF3N6O2/c1-29(2)20(33)18-27-14-11-30(16-9-26-28-19(32)17(16)22)8-7-15(14)31(18)10-12-5-3-4-6-13(12)21(23,24)25/h3-6,9H,7-8,10-11H2,1-2H3,(H,28,32). The lowest BCUT2D eigenvalue weighted by molar-refractivity contribution is -0.138. The normalized spacial score (nSPS) is 13.7. The zero-order valence-electron chi connectivity index (χ0n) is 17.8. The molecule has 1 aliphatic rings. The molecule has 0 aliphatic carbocycles. The molecule has 0 fully saturated rings.